The molecule has 170 valence electrons. The van der Waals surface area contributed by atoms with E-state index in [1.165, 1.54) is 14.0 Å². The number of aromatic nitrogens is 1. The summed E-state index contributed by atoms with van der Waals surface area (Å²) in [7, 11) is 1.47. The van der Waals surface area contributed by atoms with Gasteiger partial charge in [0.25, 0.3) is 0 Å². The second kappa shape index (κ2) is 9.96. The summed E-state index contributed by atoms with van der Waals surface area (Å²) in [4.78, 5) is 17.5. The molecule has 1 N–H and O–H groups in total. The summed E-state index contributed by atoms with van der Waals surface area (Å²) >= 11 is 0.796. The standard InChI is InChI=1S/C24H20F3N3O2S/c1-14-9-10-20(32-3)19(11-14)30-22(31)21(16-7-5-4-6-8-16)33-23-17(13-28)18(24(25,26)27)12-15(2)29-23/h4-12,21H,1-3H3,(H,30,31). The molecule has 0 aliphatic heterocycles. The number of nitriles is 1. The molecule has 2 aromatic carbocycles. The SMILES string of the molecule is COc1ccc(C)cc1NC(=O)C(Sc1nc(C)cc(C(F)(F)F)c1C#N)c1ccccc1. The van der Waals surface area contributed by atoms with Crippen LogP contribution in [0.3, 0.4) is 0 Å². The van der Waals surface area contributed by atoms with Gasteiger partial charge in [-0.1, -0.05) is 48.2 Å². The van der Waals surface area contributed by atoms with Gasteiger partial charge in [0.05, 0.1) is 23.9 Å². The maximum atomic E-state index is 13.5. The zero-order valence-electron chi connectivity index (χ0n) is 18.0. The van der Waals surface area contributed by atoms with E-state index in [2.05, 4.69) is 10.3 Å². The number of nitrogens with zero attached hydrogens (tertiary/aromatic N) is 2. The molecular formula is C24H20F3N3O2S. The van der Waals surface area contributed by atoms with Gasteiger partial charge >= 0.3 is 6.18 Å². The second-order valence-electron chi connectivity index (χ2n) is 7.20. The van der Waals surface area contributed by atoms with E-state index in [1.807, 2.05) is 13.0 Å². The van der Waals surface area contributed by atoms with Crippen LogP contribution in [-0.2, 0) is 11.0 Å². The predicted molar refractivity (Wildman–Crippen MR) is 120 cm³/mol. The first-order valence-corrected chi connectivity index (χ1v) is 10.7. The highest BCUT2D eigenvalue weighted by Gasteiger charge is 2.36. The van der Waals surface area contributed by atoms with Crippen LogP contribution in [0.15, 0.2) is 59.6 Å². The molecule has 5 nitrogen and oxygen atoms in total. The normalized spacial score (nSPS) is 12.0. The maximum absolute atomic E-state index is 13.5. The number of pyridine rings is 1. The van der Waals surface area contributed by atoms with Crippen LogP contribution in [0, 0.1) is 25.2 Å². The average Bonchev–Trinajstić information content (AvgIpc) is 2.77. The molecule has 0 spiro atoms. The van der Waals surface area contributed by atoms with Gasteiger partial charge in [-0.05, 0) is 43.2 Å². The molecule has 0 fully saturated rings. The molecule has 0 aliphatic carbocycles. The van der Waals surface area contributed by atoms with Gasteiger partial charge in [-0.3, -0.25) is 4.79 Å². The summed E-state index contributed by atoms with van der Waals surface area (Å²) < 4.78 is 45.9. The fraction of sp³-hybridized carbons (Fsp3) is 0.208. The van der Waals surface area contributed by atoms with Gasteiger partial charge in [0, 0.05) is 5.69 Å². The van der Waals surface area contributed by atoms with E-state index in [-0.39, 0.29) is 10.7 Å². The molecular weight excluding hydrogens is 451 g/mol. The van der Waals surface area contributed by atoms with E-state index in [4.69, 9.17) is 4.74 Å². The lowest BCUT2D eigenvalue weighted by molar-refractivity contribution is -0.138. The summed E-state index contributed by atoms with van der Waals surface area (Å²) in [6, 6.07) is 16.3. The number of nitrogens with one attached hydrogen (secondary N) is 1. The Balaban J connectivity index is 2.06. The molecule has 33 heavy (non-hydrogen) atoms. The number of methoxy groups -OCH3 is 1. The lowest BCUT2D eigenvalue weighted by atomic mass is 10.1. The molecule has 1 atom stereocenters. The van der Waals surface area contributed by atoms with Gasteiger partial charge in [0.15, 0.2) is 0 Å². The highest BCUT2D eigenvalue weighted by Crippen LogP contribution is 2.41. The number of hydrogen-bond donors (Lipinski definition) is 1. The van der Waals surface area contributed by atoms with Crippen molar-refractivity contribution >= 4 is 23.4 Å². The Bertz CT molecular complexity index is 1210. The number of carbonyl (C=O) groups is 1. The number of amides is 1. The first-order chi connectivity index (χ1) is 15.6. The van der Waals surface area contributed by atoms with E-state index in [1.54, 1.807) is 48.5 Å². The minimum Gasteiger partial charge on any atom is -0.495 e. The summed E-state index contributed by atoms with van der Waals surface area (Å²) in [5.41, 5.74) is 0.269. The smallest absolute Gasteiger partial charge is 0.417 e. The number of ether oxygens (including phenoxy) is 1. The maximum Gasteiger partial charge on any atom is 0.417 e. The summed E-state index contributed by atoms with van der Waals surface area (Å²) in [5.74, 6) is -0.0487. The molecule has 1 unspecified atom stereocenters. The third-order valence-electron chi connectivity index (χ3n) is 4.71. The predicted octanol–water partition coefficient (Wildman–Crippen LogP) is 6.07. The number of benzene rings is 2. The van der Waals surface area contributed by atoms with Crippen LogP contribution in [-0.4, -0.2) is 18.0 Å². The van der Waals surface area contributed by atoms with Gasteiger partial charge < -0.3 is 10.1 Å². The van der Waals surface area contributed by atoms with Crippen molar-refractivity contribution in [1.82, 2.24) is 4.98 Å². The van der Waals surface area contributed by atoms with Crippen LogP contribution in [0.5, 0.6) is 5.75 Å². The van der Waals surface area contributed by atoms with Crippen LogP contribution in [0.1, 0.15) is 33.2 Å². The number of aryl methyl sites for hydroxylation is 2. The summed E-state index contributed by atoms with van der Waals surface area (Å²) in [6.45, 7) is 3.27. The second-order valence-corrected chi connectivity index (χ2v) is 8.30. The molecule has 0 bridgehead atoms. The van der Waals surface area contributed by atoms with Crippen LogP contribution < -0.4 is 10.1 Å². The number of hydrogen-bond acceptors (Lipinski definition) is 5. The van der Waals surface area contributed by atoms with Crippen molar-refractivity contribution in [3.05, 3.63) is 82.5 Å². The van der Waals surface area contributed by atoms with E-state index in [9.17, 15) is 23.2 Å². The summed E-state index contributed by atoms with van der Waals surface area (Å²) in [5, 5.41) is 11.2. The van der Waals surface area contributed by atoms with Gasteiger partial charge in [0.1, 0.15) is 22.1 Å². The minimum absolute atomic E-state index is 0.0939. The van der Waals surface area contributed by atoms with Crippen molar-refractivity contribution in [2.45, 2.75) is 30.3 Å². The highest BCUT2D eigenvalue weighted by molar-refractivity contribution is 8.00. The molecule has 1 heterocycles. The molecule has 0 saturated heterocycles. The van der Waals surface area contributed by atoms with Crippen LogP contribution in [0.25, 0.3) is 0 Å². The Hall–Kier alpha value is -3.51. The van der Waals surface area contributed by atoms with Crippen molar-refractivity contribution in [1.29, 1.82) is 5.26 Å². The molecule has 9 heteroatoms. The first kappa shape index (κ1) is 24.1. The lowest BCUT2D eigenvalue weighted by Crippen LogP contribution is -2.20. The topological polar surface area (TPSA) is 75.0 Å². The molecule has 1 amide bonds. The minimum atomic E-state index is -4.73. The summed E-state index contributed by atoms with van der Waals surface area (Å²) in [6.07, 6.45) is -4.73. The zero-order valence-corrected chi connectivity index (χ0v) is 18.8. The third kappa shape index (κ3) is 5.65. The van der Waals surface area contributed by atoms with Gasteiger partial charge in [0.2, 0.25) is 5.91 Å². The number of anilines is 1. The Morgan fingerprint density at radius 1 is 1.15 bits per heavy atom. The monoisotopic (exact) mass is 471 g/mol. The highest BCUT2D eigenvalue weighted by atomic mass is 32.2. The first-order valence-electron chi connectivity index (χ1n) is 9.80. The van der Waals surface area contributed by atoms with Crippen molar-refractivity contribution in [3.63, 3.8) is 0 Å². The Kier molecular flexibility index (Phi) is 7.29. The molecule has 1 aromatic heterocycles. The fourth-order valence-electron chi connectivity index (χ4n) is 3.19. The Morgan fingerprint density at radius 2 is 1.85 bits per heavy atom. The number of thioether (sulfide) groups is 1. The van der Waals surface area contributed by atoms with E-state index >= 15 is 0 Å². The van der Waals surface area contributed by atoms with Gasteiger partial charge in [-0.2, -0.15) is 18.4 Å². The Labute approximate surface area is 193 Å². The van der Waals surface area contributed by atoms with Gasteiger partial charge in [-0.15, -0.1) is 0 Å². The van der Waals surface area contributed by atoms with E-state index in [0.29, 0.717) is 17.0 Å². The van der Waals surface area contributed by atoms with Crippen molar-refractivity contribution in [3.8, 4) is 11.8 Å². The van der Waals surface area contributed by atoms with Crippen LogP contribution in [0.4, 0.5) is 18.9 Å². The molecule has 0 radical (unpaired) electrons. The number of alkyl halides is 3. The quantitative estimate of drug-likeness (QED) is 0.442. The molecule has 3 aromatic rings. The van der Waals surface area contributed by atoms with Crippen LogP contribution in [0.2, 0.25) is 0 Å². The van der Waals surface area contributed by atoms with Crippen molar-refractivity contribution in [2.24, 2.45) is 0 Å². The number of carbonyl (C=O) groups excluding carboxylic acids is 1. The molecule has 0 aliphatic rings. The van der Waals surface area contributed by atoms with E-state index in [0.717, 1.165) is 23.4 Å². The van der Waals surface area contributed by atoms with E-state index < -0.39 is 28.5 Å². The van der Waals surface area contributed by atoms with Crippen molar-refractivity contribution < 1.29 is 22.7 Å². The van der Waals surface area contributed by atoms with Gasteiger partial charge in [-0.25, -0.2) is 4.98 Å². The lowest BCUT2D eigenvalue weighted by Gasteiger charge is -2.20. The largest absolute Gasteiger partial charge is 0.495 e. The average molecular weight is 472 g/mol. The zero-order chi connectivity index (χ0) is 24.2. The van der Waals surface area contributed by atoms with Crippen molar-refractivity contribution in [2.75, 3.05) is 12.4 Å². The molecule has 0 saturated carbocycles. The van der Waals surface area contributed by atoms with Crippen LogP contribution >= 0.6 is 11.8 Å². The third-order valence-corrected chi connectivity index (χ3v) is 5.95. The fourth-order valence-corrected chi connectivity index (χ4v) is 4.34. The Morgan fingerprint density at radius 3 is 2.45 bits per heavy atom. The number of rotatable bonds is 6. The number of halogens is 3. The molecule has 3 rings (SSSR count).